The average molecular weight is 205 g/mol. The highest BCUT2D eigenvalue weighted by Crippen LogP contribution is 2.07. The molecule has 1 aromatic rings. The molecule has 1 N–H and O–H groups in total. The number of hydrogen-bond acceptors (Lipinski definition) is 2. The first kappa shape index (κ1) is 11.9. The molecule has 82 valence electrons. The maximum Gasteiger partial charge on any atom is 0.179 e. The Kier molecular flexibility index (Phi) is 5.05. The van der Waals surface area contributed by atoms with Crippen molar-refractivity contribution in [3.8, 4) is 0 Å². The summed E-state index contributed by atoms with van der Waals surface area (Å²) in [6.07, 6.45) is 1.93. The van der Waals surface area contributed by atoms with E-state index in [1.807, 2.05) is 37.3 Å². The molecule has 1 atom stereocenters. The van der Waals surface area contributed by atoms with Gasteiger partial charge < -0.3 is 5.32 Å². The van der Waals surface area contributed by atoms with E-state index >= 15 is 0 Å². The summed E-state index contributed by atoms with van der Waals surface area (Å²) in [6, 6.07) is 9.47. The molecule has 0 fully saturated rings. The van der Waals surface area contributed by atoms with Crippen LogP contribution in [-0.4, -0.2) is 18.4 Å². The first-order valence-corrected chi connectivity index (χ1v) is 5.62. The molecule has 2 nitrogen and oxygen atoms in total. The van der Waals surface area contributed by atoms with Crippen LogP contribution in [0, 0.1) is 0 Å². The molecule has 0 amide bonds. The number of carbonyl (C=O) groups is 1. The zero-order chi connectivity index (χ0) is 11.1. The van der Waals surface area contributed by atoms with Crippen LogP contribution in [0.2, 0.25) is 0 Å². The molecule has 0 saturated carbocycles. The van der Waals surface area contributed by atoms with Gasteiger partial charge in [0, 0.05) is 5.56 Å². The van der Waals surface area contributed by atoms with Gasteiger partial charge in [0.05, 0.1) is 6.04 Å². The van der Waals surface area contributed by atoms with E-state index in [4.69, 9.17) is 0 Å². The minimum absolute atomic E-state index is 0.0256. The summed E-state index contributed by atoms with van der Waals surface area (Å²) in [5.74, 6) is 0.208. The van der Waals surface area contributed by atoms with E-state index in [2.05, 4.69) is 12.2 Å². The number of benzene rings is 1. The molecule has 0 radical (unpaired) electrons. The highest BCUT2D eigenvalue weighted by molar-refractivity contribution is 6.00. The molecule has 2 heteroatoms. The molecule has 0 bridgehead atoms. The summed E-state index contributed by atoms with van der Waals surface area (Å²) >= 11 is 0. The fraction of sp³-hybridized carbons (Fsp3) is 0.462. The van der Waals surface area contributed by atoms with Gasteiger partial charge in [-0.2, -0.15) is 0 Å². The standard InChI is InChI=1S/C13H19NO/c1-3-8-12(14-4-2)13(15)11-9-6-5-7-10-11/h5-7,9-10,12,14H,3-4,8H2,1-2H3/t12-/m0/s1. The van der Waals surface area contributed by atoms with Gasteiger partial charge >= 0.3 is 0 Å². The van der Waals surface area contributed by atoms with Gasteiger partial charge in [-0.1, -0.05) is 50.6 Å². The topological polar surface area (TPSA) is 29.1 Å². The summed E-state index contributed by atoms with van der Waals surface area (Å²) in [5, 5.41) is 3.23. The number of nitrogens with one attached hydrogen (secondary N) is 1. The van der Waals surface area contributed by atoms with Crippen molar-refractivity contribution in [2.75, 3.05) is 6.54 Å². The molecule has 0 spiro atoms. The van der Waals surface area contributed by atoms with Crippen molar-refractivity contribution in [3.05, 3.63) is 35.9 Å². The smallest absolute Gasteiger partial charge is 0.179 e. The third kappa shape index (κ3) is 3.48. The maximum absolute atomic E-state index is 12.1. The number of hydrogen-bond donors (Lipinski definition) is 1. The Hall–Kier alpha value is -1.15. The lowest BCUT2D eigenvalue weighted by molar-refractivity contribution is 0.0938. The van der Waals surface area contributed by atoms with Crippen LogP contribution in [-0.2, 0) is 0 Å². The van der Waals surface area contributed by atoms with Crippen molar-refractivity contribution in [1.82, 2.24) is 5.32 Å². The van der Waals surface area contributed by atoms with E-state index in [-0.39, 0.29) is 11.8 Å². The lowest BCUT2D eigenvalue weighted by Gasteiger charge is -2.15. The van der Waals surface area contributed by atoms with Crippen LogP contribution in [0.1, 0.15) is 37.0 Å². The third-order valence-electron chi connectivity index (χ3n) is 2.40. The Morgan fingerprint density at radius 2 is 1.93 bits per heavy atom. The quantitative estimate of drug-likeness (QED) is 0.723. The van der Waals surface area contributed by atoms with E-state index in [1.165, 1.54) is 0 Å². The van der Waals surface area contributed by atoms with Gasteiger partial charge in [0.2, 0.25) is 0 Å². The lowest BCUT2D eigenvalue weighted by Crippen LogP contribution is -2.36. The molecule has 0 unspecified atom stereocenters. The minimum Gasteiger partial charge on any atom is -0.307 e. The van der Waals surface area contributed by atoms with Crippen LogP contribution in [0.3, 0.4) is 0 Å². The lowest BCUT2D eigenvalue weighted by atomic mass is 10.0. The largest absolute Gasteiger partial charge is 0.307 e. The molecule has 1 aromatic carbocycles. The van der Waals surface area contributed by atoms with Gasteiger partial charge in [-0.05, 0) is 13.0 Å². The SMILES string of the molecule is CCC[C@H](NCC)C(=O)c1ccccc1. The van der Waals surface area contributed by atoms with Crippen LogP contribution in [0.25, 0.3) is 0 Å². The summed E-state index contributed by atoms with van der Waals surface area (Å²) in [7, 11) is 0. The zero-order valence-electron chi connectivity index (χ0n) is 9.49. The molecule has 0 saturated heterocycles. The predicted octanol–water partition coefficient (Wildman–Crippen LogP) is 2.65. The van der Waals surface area contributed by atoms with Crippen LogP contribution < -0.4 is 5.32 Å². The van der Waals surface area contributed by atoms with Gasteiger partial charge in [0.15, 0.2) is 5.78 Å². The van der Waals surface area contributed by atoms with Crippen molar-refractivity contribution in [1.29, 1.82) is 0 Å². The molecular weight excluding hydrogens is 186 g/mol. The fourth-order valence-electron chi connectivity index (χ4n) is 1.66. The molecule has 0 aromatic heterocycles. The van der Waals surface area contributed by atoms with Gasteiger partial charge in [-0.25, -0.2) is 0 Å². The summed E-state index contributed by atoms with van der Waals surface area (Å²) < 4.78 is 0. The van der Waals surface area contributed by atoms with Crippen LogP contribution >= 0.6 is 0 Å². The monoisotopic (exact) mass is 205 g/mol. The van der Waals surface area contributed by atoms with Gasteiger partial charge in [0.1, 0.15) is 0 Å². The Bertz CT molecular complexity index is 289. The second kappa shape index (κ2) is 6.36. The van der Waals surface area contributed by atoms with Crippen molar-refractivity contribution in [3.63, 3.8) is 0 Å². The van der Waals surface area contributed by atoms with E-state index in [9.17, 15) is 4.79 Å². The Balaban J connectivity index is 2.71. The number of rotatable bonds is 6. The van der Waals surface area contributed by atoms with Crippen LogP contribution in [0.15, 0.2) is 30.3 Å². The number of ketones is 1. The van der Waals surface area contributed by atoms with Crippen molar-refractivity contribution in [2.24, 2.45) is 0 Å². The molecule has 0 aliphatic heterocycles. The van der Waals surface area contributed by atoms with Gasteiger partial charge in [0.25, 0.3) is 0 Å². The number of likely N-dealkylation sites (N-methyl/N-ethyl adjacent to an activating group) is 1. The van der Waals surface area contributed by atoms with Gasteiger partial charge in [-0.3, -0.25) is 4.79 Å². The van der Waals surface area contributed by atoms with Crippen LogP contribution in [0.5, 0.6) is 0 Å². The molecular formula is C13H19NO. The number of carbonyl (C=O) groups excluding carboxylic acids is 1. The highest BCUT2D eigenvalue weighted by atomic mass is 16.1. The molecule has 0 aliphatic carbocycles. The zero-order valence-corrected chi connectivity index (χ0v) is 9.49. The van der Waals surface area contributed by atoms with Crippen molar-refractivity contribution < 1.29 is 4.79 Å². The Morgan fingerprint density at radius 1 is 1.27 bits per heavy atom. The molecule has 0 aliphatic rings. The van der Waals surface area contributed by atoms with E-state index < -0.39 is 0 Å². The molecule has 15 heavy (non-hydrogen) atoms. The second-order valence-corrected chi connectivity index (χ2v) is 3.63. The Morgan fingerprint density at radius 3 is 2.47 bits per heavy atom. The maximum atomic E-state index is 12.1. The summed E-state index contributed by atoms with van der Waals surface area (Å²) in [6.45, 7) is 4.97. The minimum atomic E-state index is -0.0256. The predicted molar refractivity (Wildman–Crippen MR) is 63.1 cm³/mol. The van der Waals surface area contributed by atoms with Crippen LogP contribution in [0.4, 0.5) is 0 Å². The summed E-state index contributed by atoms with van der Waals surface area (Å²) in [5.41, 5.74) is 0.803. The van der Waals surface area contributed by atoms with E-state index in [0.29, 0.717) is 0 Å². The molecule has 0 heterocycles. The average Bonchev–Trinajstić information content (AvgIpc) is 2.29. The highest BCUT2D eigenvalue weighted by Gasteiger charge is 2.17. The first-order chi connectivity index (χ1) is 7.29. The third-order valence-corrected chi connectivity index (χ3v) is 2.40. The van der Waals surface area contributed by atoms with E-state index in [0.717, 1.165) is 24.9 Å². The first-order valence-electron chi connectivity index (χ1n) is 5.62. The molecule has 1 rings (SSSR count). The number of Topliss-reactive ketones (excluding diaryl/α,β-unsaturated/α-hetero) is 1. The van der Waals surface area contributed by atoms with Gasteiger partial charge in [-0.15, -0.1) is 0 Å². The Labute approximate surface area is 91.7 Å². The normalized spacial score (nSPS) is 12.4. The summed E-state index contributed by atoms with van der Waals surface area (Å²) in [4.78, 5) is 12.1. The van der Waals surface area contributed by atoms with E-state index in [1.54, 1.807) is 0 Å². The second-order valence-electron chi connectivity index (χ2n) is 3.63. The van der Waals surface area contributed by atoms with Crippen molar-refractivity contribution >= 4 is 5.78 Å². The van der Waals surface area contributed by atoms with Crippen molar-refractivity contribution in [2.45, 2.75) is 32.7 Å². The fourth-order valence-corrected chi connectivity index (χ4v) is 1.66.